The minimum atomic E-state index is -3.42. The van der Waals surface area contributed by atoms with Crippen molar-refractivity contribution in [3.05, 3.63) is 30.2 Å². The average Bonchev–Trinajstić information content (AvgIpc) is 3.02. The van der Waals surface area contributed by atoms with Crippen LogP contribution in [-0.4, -0.2) is 73.1 Å². The Kier molecular flexibility index (Phi) is 4.57. The van der Waals surface area contributed by atoms with Gasteiger partial charge in [0, 0.05) is 40.3 Å². The Morgan fingerprint density at radius 1 is 1.25 bits per heavy atom. The van der Waals surface area contributed by atoms with Gasteiger partial charge in [-0.2, -0.15) is 17.0 Å². The molecule has 0 atom stereocenters. The number of hydrogen-bond acceptors (Lipinski definition) is 5. The van der Waals surface area contributed by atoms with Crippen LogP contribution in [0.15, 0.2) is 29.0 Å². The number of amides is 1. The fourth-order valence-corrected chi connectivity index (χ4v) is 3.78. The maximum absolute atomic E-state index is 12.4. The second-order valence-corrected chi connectivity index (χ2v) is 8.04. The van der Waals surface area contributed by atoms with Crippen molar-refractivity contribution >= 4 is 27.2 Å². The van der Waals surface area contributed by atoms with E-state index in [2.05, 4.69) is 4.98 Å². The summed E-state index contributed by atoms with van der Waals surface area (Å²) in [6, 6.07) is 5.49. The van der Waals surface area contributed by atoms with E-state index >= 15 is 0 Å². The van der Waals surface area contributed by atoms with E-state index in [1.54, 1.807) is 4.90 Å². The molecule has 24 heavy (non-hydrogen) atoms. The summed E-state index contributed by atoms with van der Waals surface area (Å²) in [5.41, 5.74) is 2.27. The minimum absolute atomic E-state index is 0.0178. The van der Waals surface area contributed by atoms with Gasteiger partial charge in [-0.25, -0.2) is 4.98 Å². The van der Waals surface area contributed by atoms with Crippen LogP contribution in [0, 0.1) is 0 Å². The molecule has 1 aromatic carbocycles. The molecule has 0 unspecified atom stereocenters. The first-order valence-corrected chi connectivity index (χ1v) is 9.05. The SMILES string of the molecule is CN(C)S(=O)(=O)N1CCN(C(=O)Cc2ccc3ncoc3c2)CC1. The summed E-state index contributed by atoms with van der Waals surface area (Å²) in [4.78, 5) is 18.2. The molecule has 1 aromatic heterocycles. The molecule has 2 heterocycles. The summed E-state index contributed by atoms with van der Waals surface area (Å²) in [6.45, 7) is 1.42. The Morgan fingerprint density at radius 2 is 1.96 bits per heavy atom. The van der Waals surface area contributed by atoms with E-state index in [9.17, 15) is 13.2 Å². The predicted octanol–water partition coefficient (Wildman–Crippen LogP) is 0.321. The Hall–Kier alpha value is -1.97. The second-order valence-electron chi connectivity index (χ2n) is 5.90. The molecule has 1 saturated heterocycles. The van der Waals surface area contributed by atoms with Crippen LogP contribution in [0.5, 0.6) is 0 Å². The van der Waals surface area contributed by atoms with E-state index in [4.69, 9.17) is 4.42 Å². The van der Waals surface area contributed by atoms with Crippen molar-refractivity contribution in [2.45, 2.75) is 6.42 Å². The van der Waals surface area contributed by atoms with Crippen LogP contribution in [0.25, 0.3) is 11.1 Å². The van der Waals surface area contributed by atoms with Gasteiger partial charge >= 0.3 is 0 Å². The molecule has 9 heteroatoms. The lowest BCUT2D eigenvalue weighted by Gasteiger charge is -2.35. The number of piperazine rings is 1. The first kappa shape index (κ1) is 16.9. The van der Waals surface area contributed by atoms with Crippen LogP contribution in [-0.2, 0) is 21.4 Å². The molecule has 0 aliphatic carbocycles. The molecule has 3 rings (SSSR count). The molecule has 0 radical (unpaired) electrons. The number of fused-ring (bicyclic) bond motifs is 1. The highest BCUT2D eigenvalue weighted by Gasteiger charge is 2.30. The number of oxazole rings is 1. The molecule has 130 valence electrons. The number of carbonyl (C=O) groups excluding carboxylic acids is 1. The van der Waals surface area contributed by atoms with Crippen LogP contribution >= 0.6 is 0 Å². The van der Waals surface area contributed by atoms with Gasteiger partial charge in [-0.3, -0.25) is 4.79 Å². The van der Waals surface area contributed by atoms with E-state index in [0.717, 1.165) is 11.1 Å². The number of carbonyl (C=O) groups is 1. The van der Waals surface area contributed by atoms with Crippen molar-refractivity contribution < 1.29 is 17.6 Å². The first-order valence-electron chi connectivity index (χ1n) is 7.65. The van der Waals surface area contributed by atoms with Crippen LogP contribution < -0.4 is 0 Å². The third-order valence-electron chi connectivity index (χ3n) is 4.13. The largest absolute Gasteiger partial charge is 0.443 e. The van der Waals surface area contributed by atoms with Crippen molar-refractivity contribution in [2.24, 2.45) is 0 Å². The Labute approximate surface area is 140 Å². The summed E-state index contributed by atoms with van der Waals surface area (Å²) < 4.78 is 32.0. The standard InChI is InChI=1S/C15H20N4O4S/c1-17(2)24(21,22)19-7-5-18(6-8-19)15(20)10-12-3-4-13-14(9-12)23-11-16-13/h3-4,9,11H,5-8,10H2,1-2H3. The lowest BCUT2D eigenvalue weighted by Crippen LogP contribution is -2.53. The van der Waals surface area contributed by atoms with Crippen LogP contribution in [0.3, 0.4) is 0 Å². The molecule has 1 amide bonds. The van der Waals surface area contributed by atoms with Crippen molar-refractivity contribution in [2.75, 3.05) is 40.3 Å². The number of hydrogen-bond donors (Lipinski definition) is 0. The highest BCUT2D eigenvalue weighted by Crippen LogP contribution is 2.16. The second kappa shape index (κ2) is 6.50. The van der Waals surface area contributed by atoms with E-state index in [1.165, 1.54) is 29.1 Å². The van der Waals surface area contributed by atoms with Crippen molar-refractivity contribution in [1.82, 2.24) is 18.5 Å². The van der Waals surface area contributed by atoms with Gasteiger partial charge in [0.25, 0.3) is 10.2 Å². The van der Waals surface area contributed by atoms with Crippen molar-refractivity contribution in [3.8, 4) is 0 Å². The molecule has 1 fully saturated rings. The smallest absolute Gasteiger partial charge is 0.281 e. The number of rotatable bonds is 4. The molecule has 0 N–H and O–H groups in total. The quantitative estimate of drug-likeness (QED) is 0.791. The van der Waals surface area contributed by atoms with Crippen LogP contribution in [0.1, 0.15) is 5.56 Å². The molecular formula is C15H20N4O4S. The van der Waals surface area contributed by atoms with Gasteiger partial charge < -0.3 is 9.32 Å². The summed E-state index contributed by atoms with van der Waals surface area (Å²) in [6.07, 6.45) is 1.64. The zero-order chi connectivity index (χ0) is 17.3. The van der Waals surface area contributed by atoms with Gasteiger partial charge in [0.15, 0.2) is 12.0 Å². The van der Waals surface area contributed by atoms with Gasteiger partial charge in [0.05, 0.1) is 6.42 Å². The molecule has 0 saturated carbocycles. The molecule has 1 aliphatic heterocycles. The highest BCUT2D eigenvalue weighted by molar-refractivity contribution is 7.86. The molecule has 8 nitrogen and oxygen atoms in total. The van der Waals surface area contributed by atoms with Crippen LogP contribution in [0.4, 0.5) is 0 Å². The third-order valence-corrected chi connectivity index (χ3v) is 6.07. The van der Waals surface area contributed by atoms with Crippen molar-refractivity contribution in [3.63, 3.8) is 0 Å². The third kappa shape index (κ3) is 3.28. The van der Waals surface area contributed by atoms with Gasteiger partial charge in [-0.1, -0.05) is 6.07 Å². The number of benzene rings is 1. The van der Waals surface area contributed by atoms with E-state index in [0.29, 0.717) is 31.8 Å². The molecular weight excluding hydrogens is 332 g/mol. The lowest BCUT2D eigenvalue weighted by atomic mass is 10.1. The molecule has 1 aliphatic rings. The fourth-order valence-electron chi connectivity index (χ4n) is 2.70. The maximum Gasteiger partial charge on any atom is 0.281 e. The fraction of sp³-hybridized carbons (Fsp3) is 0.467. The Morgan fingerprint density at radius 3 is 2.62 bits per heavy atom. The van der Waals surface area contributed by atoms with E-state index < -0.39 is 10.2 Å². The van der Waals surface area contributed by atoms with E-state index in [-0.39, 0.29) is 12.3 Å². The average molecular weight is 352 g/mol. The lowest BCUT2D eigenvalue weighted by molar-refractivity contribution is -0.131. The van der Waals surface area contributed by atoms with Crippen molar-refractivity contribution in [1.29, 1.82) is 0 Å². The zero-order valence-corrected chi connectivity index (χ0v) is 14.5. The van der Waals surface area contributed by atoms with E-state index in [1.807, 2.05) is 18.2 Å². The Balaban J connectivity index is 1.61. The number of nitrogens with zero attached hydrogens (tertiary/aromatic N) is 4. The van der Waals surface area contributed by atoms with Gasteiger partial charge in [0.1, 0.15) is 5.52 Å². The summed E-state index contributed by atoms with van der Waals surface area (Å²) in [5, 5.41) is 0. The maximum atomic E-state index is 12.4. The van der Waals surface area contributed by atoms with Gasteiger partial charge in [-0.15, -0.1) is 0 Å². The predicted molar refractivity (Wildman–Crippen MR) is 88.5 cm³/mol. The topological polar surface area (TPSA) is 87.0 Å². The Bertz CT molecular complexity index is 838. The minimum Gasteiger partial charge on any atom is -0.443 e. The van der Waals surface area contributed by atoms with Gasteiger partial charge in [0.2, 0.25) is 5.91 Å². The zero-order valence-electron chi connectivity index (χ0n) is 13.7. The monoisotopic (exact) mass is 352 g/mol. The van der Waals surface area contributed by atoms with Crippen LogP contribution in [0.2, 0.25) is 0 Å². The highest BCUT2D eigenvalue weighted by atomic mass is 32.2. The number of aromatic nitrogens is 1. The first-order chi connectivity index (χ1) is 11.4. The normalized spacial score (nSPS) is 16.9. The molecule has 0 spiro atoms. The van der Waals surface area contributed by atoms with Gasteiger partial charge in [-0.05, 0) is 17.7 Å². The molecule has 0 bridgehead atoms. The molecule has 2 aromatic rings. The summed E-state index contributed by atoms with van der Waals surface area (Å²) >= 11 is 0. The summed E-state index contributed by atoms with van der Waals surface area (Å²) in [5.74, 6) is -0.0178. The summed E-state index contributed by atoms with van der Waals surface area (Å²) in [7, 11) is -0.404.